The second-order valence-corrected chi connectivity index (χ2v) is 7.76. The lowest BCUT2D eigenvalue weighted by molar-refractivity contribution is 1.13. The van der Waals surface area contributed by atoms with E-state index >= 15 is 0 Å². The Morgan fingerprint density at radius 1 is 0.704 bits per heavy atom. The Labute approximate surface area is 163 Å². The Bertz CT molecular complexity index is 1020. The highest BCUT2D eigenvalue weighted by Gasteiger charge is 2.11. The van der Waals surface area contributed by atoms with Crippen LogP contribution in [0.4, 0.5) is 11.4 Å². The van der Waals surface area contributed by atoms with Crippen LogP contribution in [0, 0.1) is 0 Å². The van der Waals surface area contributed by atoms with Crippen LogP contribution in [0.3, 0.4) is 0 Å². The molecule has 0 amide bonds. The van der Waals surface area contributed by atoms with Crippen molar-refractivity contribution in [2.75, 3.05) is 38.0 Å². The zero-order chi connectivity index (χ0) is 19.0. The predicted octanol–water partition coefficient (Wildman–Crippen LogP) is 4.55. The van der Waals surface area contributed by atoms with Crippen molar-refractivity contribution in [3.63, 3.8) is 0 Å². The fourth-order valence-electron chi connectivity index (χ4n) is 2.82. The van der Waals surface area contributed by atoms with Gasteiger partial charge in [0.15, 0.2) is 10.5 Å². The summed E-state index contributed by atoms with van der Waals surface area (Å²) in [5.41, 5.74) is 6.03. The van der Waals surface area contributed by atoms with Crippen molar-refractivity contribution in [1.29, 1.82) is 0 Å². The number of fused-ring (bicyclic) bond motifs is 1. The highest BCUT2D eigenvalue weighted by Crippen LogP contribution is 2.31. The molecule has 0 bridgehead atoms. The molecule has 0 aliphatic carbocycles. The van der Waals surface area contributed by atoms with Crippen molar-refractivity contribution in [1.82, 2.24) is 15.0 Å². The Hall–Kier alpha value is -2.99. The van der Waals surface area contributed by atoms with Gasteiger partial charge in [-0.3, -0.25) is 0 Å². The molecule has 2 aromatic carbocycles. The Kier molecular flexibility index (Phi) is 4.49. The minimum absolute atomic E-state index is 0.695. The topological polar surface area (TPSA) is 45.2 Å². The van der Waals surface area contributed by atoms with E-state index in [1.807, 2.05) is 28.2 Å². The first kappa shape index (κ1) is 17.4. The Morgan fingerprint density at radius 2 is 1.26 bits per heavy atom. The van der Waals surface area contributed by atoms with E-state index < -0.39 is 0 Å². The summed E-state index contributed by atoms with van der Waals surface area (Å²) in [6, 6.07) is 16.7. The van der Waals surface area contributed by atoms with Crippen molar-refractivity contribution >= 4 is 33.2 Å². The van der Waals surface area contributed by atoms with Crippen molar-refractivity contribution in [2.45, 2.75) is 0 Å². The monoisotopic (exact) mass is 375 g/mol. The maximum absolute atomic E-state index is 4.78. The molecule has 2 heterocycles. The maximum Gasteiger partial charge on any atom is 0.190 e. The van der Waals surface area contributed by atoms with Gasteiger partial charge in [0.2, 0.25) is 0 Å². The molecular weight excluding hydrogens is 354 g/mol. The van der Waals surface area contributed by atoms with E-state index in [0.29, 0.717) is 5.65 Å². The maximum atomic E-state index is 4.78. The molecule has 0 N–H and O–H groups in total. The quantitative estimate of drug-likeness (QED) is 0.523. The van der Waals surface area contributed by atoms with Crippen LogP contribution >= 0.6 is 11.3 Å². The average Bonchev–Trinajstić information content (AvgIpc) is 3.11. The van der Waals surface area contributed by atoms with E-state index in [1.165, 1.54) is 5.69 Å². The van der Waals surface area contributed by atoms with Crippen LogP contribution in [0.25, 0.3) is 32.3 Å². The van der Waals surface area contributed by atoms with Gasteiger partial charge in [-0.2, -0.15) is 0 Å². The minimum Gasteiger partial charge on any atom is -0.378 e. The molecule has 6 heteroatoms. The van der Waals surface area contributed by atoms with Crippen molar-refractivity contribution in [2.24, 2.45) is 0 Å². The van der Waals surface area contributed by atoms with Crippen LogP contribution in [0.2, 0.25) is 0 Å². The van der Waals surface area contributed by atoms with Crippen LogP contribution in [0.1, 0.15) is 0 Å². The number of anilines is 2. The first-order valence-electron chi connectivity index (χ1n) is 8.70. The highest BCUT2D eigenvalue weighted by molar-refractivity contribution is 7.21. The van der Waals surface area contributed by atoms with Crippen molar-refractivity contribution in [3.8, 4) is 21.8 Å². The molecule has 0 fully saturated rings. The number of hydrogen-bond acceptors (Lipinski definition) is 6. The fourth-order valence-corrected chi connectivity index (χ4v) is 3.72. The van der Waals surface area contributed by atoms with Gasteiger partial charge in [0, 0.05) is 50.7 Å². The summed E-state index contributed by atoms with van der Waals surface area (Å²) in [5, 5.41) is 0.940. The van der Waals surface area contributed by atoms with E-state index in [4.69, 9.17) is 4.98 Å². The third-order valence-corrected chi connectivity index (χ3v) is 5.42. The molecule has 0 unspecified atom stereocenters. The number of aromatic nitrogens is 3. The standard InChI is InChI=1S/C21H21N5S/c1-25(2)16-9-5-14(6-10-16)18-13-22-19-21(23-18)27-20(24-19)15-7-11-17(12-8-15)26(3)4/h5-13H,1-4H3. The molecule has 5 nitrogen and oxygen atoms in total. The number of rotatable bonds is 4. The summed E-state index contributed by atoms with van der Waals surface area (Å²) >= 11 is 1.57. The molecule has 0 atom stereocenters. The summed E-state index contributed by atoms with van der Waals surface area (Å²) in [7, 11) is 8.13. The van der Waals surface area contributed by atoms with E-state index in [1.54, 1.807) is 17.5 Å². The summed E-state index contributed by atoms with van der Waals surface area (Å²) in [6.45, 7) is 0. The van der Waals surface area contributed by atoms with Gasteiger partial charge < -0.3 is 9.80 Å². The summed E-state index contributed by atoms with van der Waals surface area (Å²) in [4.78, 5) is 19.0. The second-order valence-electron chi connectivity index (χ2n) is 6.79. The van der Waals surface area contributed by atoms with E-state index in [-0.39, 0.29) is 0 Å². The number of hydrogen-bond donors (Lipinski definition) is 0. The van der Waals surface area contributed by atoms with Gasteiger partial charge >= 0.3 is 0 Å². The SMILES string of the molecule is CN(C)c1ccc(-c2cnc3nc(-c4ccc(N(C)C)cc4)sc3n2)cc1. The van der Waals surface area contributed by atoms with Crippen LogP contribution in [0.15, 0.2) is 54.7 Å². The Morgan fingerprint density at radius 3 is 1.81 bits per heavy atom. The lowest BCUT2D eigenvalue weighted by Crippen LogP contribution is -2.07. The lowest BCUT2D eigenvalue weighted by atomic mass is 10.1. The van der Waals surface area contributed by atoms with Crippen LogP contribution in [-0.4, -0.2) is 43.1 Å². The van der Waals surface area contributed by atoms with Gasteiger partial charge in [-0.1, -0.05) is 23.5 Å². The van der Waals surface area contributed by atoms with Gasteiger partial charge in [0.05, 0.1) is 11.9 Å². The molecule has 0 saturated carbocycles. The van der Waals surface area contributed by atoms with E-state index in [9.17, 15) is 0 Å². The molecular formula is C21H21N5S. The van der Waals surface area contributed by atoms with Crippen LogP contribution < -0.4 is 9.80 Å². The Balaban J connectivity index is 1.67. The number of benzene rings is 2. The third-order valence-electron chi connectivity index (χ3n) is 4.43. The van der Waals surface area contributed by atoms with Crippen LogP contribution in [-0.2, 0) is 0 Å². The lowest BCUT2D eigenvalue weighted by Gasteiger charge is -2.12. The molecule has 0 saturated heterocycles. The van der Waals surface area contributed by atoms with Gasteiger partial charge in [-0.15, -0.1) is 0 Å². The summed E-state index contributed by atoms with van der Waals surface area (Å²) in [5.74, 6) is 0. The van der Waals surface area contributed by atoms with Gasteiger partial charge in [0.1, 0.15) is 5.01 Å². The zero-order valence-corrected chi connectivity index (χ0v) is 16.7. The fraction of sp³-hybridized carbons (Fsp3) is 0.190. The molecule has 0 spiro atoms. The van der Waals surface area contributed by atoms with Gasteiger partial charge in [0.25, 0.3) is 0 Å². The van der Waals surface area contributed by atoms with E-state index in [2.05, 4.69) is 68.3 Å². The minimum atomic E-state index is 0.695. The molecule has 136 valence electrons. The average molecular weight is 376 g/mol. The van der Waals surface area contributed by atoms with Gasteiger partial charge in [-0.05, 0) is 36.4 Å². The molecule has 2 aromatic heterocycles. The largest absolute Gasteiger partial charge is 0.378 e. The molecule has 27 heavy (non-hydrogen) atoms. The highest BCUT2D eigenvalue weighted by atomic mass is 32.1. The normalized spacial score (nSPS) is 11.0. The first-order chi connectivity index (χ1) is 13.0. The second kappa shape index (κ2) is 6.96. The molecule has 0 aliphatic heterocycles. The zero-order valence-electron chi connectivity index (χ0n) is 15.8. The first-order valence-corrected chi connectivity index (χ1v) is 9.52. The molecule has 4 rings (SSSR count). The number of nitrogens with zero attached hydrogens (tertiary/aromatic N) is 5. The van der Waals surface area contributed by atoms with Crippen molar-refractivity contribution < 1.29 is 0 Å². The number of thiazole rings is 1. The van der Waals surface area contributed by atoms with Crippen molar-refractivity contribution in [3.05, 3.63) is 54.7 Å². The summed E-state index contributed by atoms with van der Waals surface area (Å²) in [6.07, 6.45) is 1.80. The summed E-state index contributed by atoms with van der Waals surface area (Å²) < 4.78 is 0. The van der Waals surface area contributed by atoms with Gasteiger partial charge in [-0.25, -0.2) is 15.0 Å². The van der Waals surface area contributed by atoms with E-state index in [0.717, 1.165) is 32.3 Å². The third kappa shape index (κ3) is 3.48. The van der Waals surface area contributed by atoms with Crippen LogP contribution in [0.5, 0.6) is 0 Å². The molecule has 0 radical (unpaired) electrons. The molecule has 0 aliphatic rings. The predicted molar refractivity (Wildman–Crippen MR) is 115 cm³/mol. The smallest absolute Gasteiger partial charge is 0.190 e. The molecule has 4 aromatic rings.